The first-order valence-corrected chi connectivity index (χ1v) is 12.7. The predicted molar refractivity (Wildman–Crippen MR) is 136 cm³/mol. The average molecular weight is 488 g/mol. The molecule has 35 heavy (non-hydrogen) atoms. The van der Waals surface area contributed by atoms with Crippen LogP contribution in [0, 0.1) is 5.82 Å². The number of hydrogen-bond donors (Lipinski definition) is 1. The molecule has 5 nitrogen and oxygen atoms in total. The third-order valence-electron chi connectivity index (χ3n) is 6.94. The number of urea groups is 1. The molecule has 4 aromatic rings. The Morgan fingerprint density at radius 2 is 1.89 bits per heavy atom. The number of halogens is 1. The third kappa shape index (κ3) is 3.90. The second-order valence-corrected chi connectivity index (χ2v) is 10.1. The minimum atomic E-state index is -0.334. The van der Waals surface area contributed by atoms with Crippen LogP contribution in [0.3, 0.4) is 0 Å². The summed E-state index contributed by atoms with van der Waals surface area (Å²) in [6.07, 6.45) is 6.65. The number of nitrogens with zero attached hydrogens (tertiary/aromatic N) is 2. The molecule has 178 valence electrons. The number of anilines is 1. The van der Waals surface area contributed by atoms with E-state index >= 15 is 0 Å². The van der Waals surface area contributed by atoms with Gasteiger partial charge < -0.3 is 19.5 Å². The fraction of sp³-hybridized carbons (Fsp3) is 0.250. The number of fused-ring (bicyclic) bond motifs is 5. The molecule has 1 atom stereocenters. The maximum Gasteiger partial charge on any atom is 0.322 e. The molecule has 2 aromatic heterocycles. The second kappa shape index (κ2) is 8.89. The largest absolute Gasteiger partial charge is 0.497 e. The van der Waals surface area contributed by atoms with Crippen LogP contribution in [-0.4, -0.2) is 22.6 Å². The number of carbonyl (C=O) groups is 1. The number of amides is 2. The van der Waals surface area contributed by atoms with Gasteiger partial charge in [-0.3, -0.25) is 0 Å². The van der Waals surface area contributed by atoms with Crippen LogP contribution in [-0.2, 0) is 19.4 Å². The zero-order valence-corrected chi connectivity index (χ0v) is 20.3. The highest BCUT2D eigenvalue weighted by Crippen LogP contribution is 2.44. The highest BCUT2D eigenvalue weighted by atomic mass is 32.1. The summed E-state index contributed by atoms with van der Waals surface area (Å²) in [6.45, 7) is 0.498. The number of thiophene rings is 1. The molecule has 0 spiro atoms. The van der Waals surface area contributed by atoms with E-state index in [2.05, 4.69) is 22.1 Å². The van der Waals surface area contributed by atoms with E-state index in [0.717, 1.165) is 29.8 Å². The van der Waals surface area contributed by atoms with Crippen LogP contribution in [0.25, 0.3) is 5.00 Å². The highest BCUT2D eigenvalue weighted by Gasteiger charge is 2.36. The minimum absolute atomic E-state index is 0.221. The number of benzene rings is 2. The Kier molecular flexibility index (Phi) is 5.57. The molecule has 0 saturated heterocycles. The summed E-state index contributed by atoms with van der Waals surface area (Å²) in [7, 11) is 1.65. The highest BCUT2D eigenvalue weighted by molar-refractivity contribution is 7.15. The van der Waals surface area contributed by atoms with Crippen molar-refractivity contribution in [3.05, 3.63) is 99.9 Å². The van der Waals surface area contributed by atoms with Gasteiger partial charge in [-0.15, -0.1) is 11.3 Å². The standard InChI is InChI=1S/C28H26FN3O2S/c1-34-21-7-4-6-18(16-21)26-24-9-5-15-31(24)27-23(22-8-2-3-10-25(22)35-27)17-32(26)28(33)30-20-13-11-19(29)12-14-20/h4-7,9,11-16,26H,2-3,8,10,17H2,1H3,(H,30,33). The molecule has 2 aromatic carbocycles. The second-order valence-electron chi connectivity index (χ2n) is 9.04. The quantitative estimate of drug-likeness (QED) is 0.349. The van der Waals surface area contributed by atoms with Crippen LogP contribution in [0.1, 0.15) is 46.1 Å². The molecule has 2 aliphatic rings. The third-order valence-corrected chi connectivity index (χ3v) is 8.28. The van der Waals surface area contributed by atoms with Crippen molar-refractivity contribution in [2.45, 2.75) is 38.3 Å². The van der Waals surface area contributed by atoms with E-state index in [1.165, 1.54) is 46.0 Å². The van der Waals surface area contributed by atoms with Gasteiger partial charge in [0.15, 0.2) is 0 Å². The van der Waals surface area contributed by atoms with Crippen molar-refractivity contribution < 1.29 is 13.9 Å². The van der Waals surface area contributed by atoms with E-state index < -0.39 is 0 Å². The first-order chi connectivity index (χ1) is 17.1. The Bertz CT molecular complexity index is 1390. The summed E-state index contributed by atoms with van der Waals surface area (Å²) in [5.74, 6) is 0.412. The van der Waals surface area contributed by atoms with Gasteiger partial charge >= 0.3 is 6.03 Å². The number of carbonyl (C=O) groups excluding carboxylic acids is 1. The van der Waals surface area contributed by atoms with Crippen molar-refractivity contribution >= 4 is 23.1 Å². The van der Waals surface area contributed by atoms with Gasteiger partial charge in [-0.1, -0.05) is 12.1 Å². The van der Waals surface area contributed by atoms with Gasteiger partial charge in [0.05, 0.1) is 25.4 Å². The van der Waals surface area contributed by atoms with Crippen molar-refractivity contribution in [2.24, 2.45) is 0 Å². The van der Waals surface area contributed by atoms with Crippen LogP contribution in [0.15, 0.2) is 66.9 Å². The van der Waals surface area contributed by atoms with E-state index in [0.29, 0.717) is 12.2 Å². The van der Waals surface area contributed by atoms with E-state index in [1.807, 2.05) is 46.6 Å². The first-order valence-electron chi connectivity index (χ1n) is 11.9. The monoisotopic (exact) mass is 487 g/mol. The molecule has 1 N–H and O–H groups in total. The lowest BCUT2D eigenvalue weighted by Gasteiger charge is -2.31. The molecular formula is C28H26FN3O2S. The molecule has 3 heterocycles. The van der Waals surface area contributed by atoms with Crippen molar-refractivity contribution in [1.29, 1.82) is 0 Å². The Morgan fingerprint density at radius 1 is 1.06 bits per heavy atom. The lowest BCUT2D eigenvalue weighted by atomic mass is 9.95. The minimum Gasteiger partial charge on any atom is -0.497 e. The molecule has 0 radical (unpaired) electrons. The summed E-state index contributed by atoms with van der Waals surface area (Å²) in [4.78, 5) is 17.2. The number of methoxy groups -OCH3 is 1. The summed E-state index contributed by atoms with van der Waals surface area (Å²) in [5, 5.41) is 4.21. The van der Waals surface area contributed by atoms with Crippen LogP contribution in [0.4, 0.5) is 14.9 Å². The van der Waals surface area contributed by atoms with E-state index in [1.54, 1.807) is 19.2 Å². The molecule has 2 amide bonds. The molecule has 0 bridgehead atoms. The lowest BCUT2D eigenvalue weighted by Crippen LogP contribution is -2.38. The lowest BCUT2D eigenvalue weighted by molar-refractivity contribution is 0.194. The van der Waals surface area contributed by atoms with Crippen molar-refractivity contribution in [1.82, 2.24) is 9.47 Å². The Balaban J connectivity index is 1.50. The Hall–Kier alpha value is -3.58. The molecular weight excluding hydrogens is 461 g/mol. The molecule has 6 rings (SSSR count). The smallest absolute Gasteiger partial charge is 0.322 e. The van der Waals surface area contributed by atoms with Gasteiger partial charge in [0.1, 0.15) is 16.6 Å². The van der Waals surface area contributed by atoms with Gasteiger partial charge in [0.25, 0.3) is 0 Å². The van der Waals surface area contributed by atoms with Gasteiger partial charge in [0, 0.05) is 22.3 Å². The van der Waals surface area contributed by atoms with Gasteiger partial charge in [0.2, 0.25) is 0 Å². The number of rotatable bonds is 3. The zero-order chi connectivity index (χ0) is 23.9. The fourth-order valence-electron chi connectivity index (χ4n) is 5.28. The normalized spacial score (nSPS) is 16.6. The maximum absolute atomic E-state index is 13.9. The molecule has 0 fully saturated rings. The number of hydrogen-bond acceptors (Lipinski definition) is 3. The van der Waals surface area contributed by atoms with E-state index in [4.69, 9.17) is 4.74 Å². The van der Waals surface area contributed by atoms with Crippen molar-refractivity contribution in [3.8, 4) is 10.8 Å². The zero-order valence-electron chi connectivity index (χ0n) is 19.5. The summed E-state index contributed by atoms with van der Waals surface area (Å²) in [5.41, 5.74) is 5.21. The molecule has 1 aliphatic heterocycles. The first kappa shape index (κ1) is 21.9. The van der Waals surface area contributed by atoms with Crippen molar-refractivity contribution in [3.63, 3.8) is 0 Å². The predicted octanol–water partition coefficient (Wildman–Crippen LogP) is 6.70. The van der Waals surface area contributed by atoms with Gasteiger partial charge in [-0.2, -0.15) is 0 Å². The fourth-order valence-corrected chi connectivity index (χ4v) is 6.68. The molecule has 0 saturated carbocycles. The summed E-state index contributed by atoms with van der Waals surface area (Å²) < 4.78 is 21.2. The topological polar surface area (TPSA) is 46.5 Å². The number of aromatic nitrogens is 1. The molecule has 7 heteroatoms. The van der Waals surface area contributed by atoms with Crippen LogP contribution < -0.4 is 10.1 Å². The average Bonchev–Trinajstić information content (AvgIpc) is 3.47. The summed E-state index contributed by atoms with van der Waals surface area (Å²) >= 11 is 1.86. The number of aryl methyl sites for hydroxylation is 1. The van der Waals surface area contributed by atoms with Crippen LogP contribution in [0.5, 0.6) is 5.75 Å². The molecule has 1 aliphatic carbocycles. The SMILES string of the molecule is COc1cccc(C2c3cccn3-c3sc4c(c3CN2C(=O)Nc2ccc(F)cc2)CCCC4)c1. The van der Waals surface area contributed by atoms with Crippen molar-refractivity contribution in [2.75, 3.05) is 12.4 Å². The van der Waals surface area contributed by atoms with E-state index in [9.17, 15) is 9.18 Å². The summed E-state index contributed by atoms with van der Waals surface area (Å²) in [6, 6.07) is 17.4. The van der Waals surface area contributed by atoms with Gasteiger partial charge in [-0.05, 0) is 85.3 Å². The number of nitrogens with one attached hydrogen (secondary N) is 1. The van der Waals surface area contributed by atoms with Gasteiger partial charge in [-0.25, -0.2) is 9.18 Å². The number of ether oxygens (including phenoxy) is 1. The van der Waals surface area contributed by atoms with Crippen LogP contribution in [0.2, 0.25) is 0 Å². The Labute approximate surface area is 207 Å². The van der Waals surface area contributed by atoms with E-state index in [-0.39, 0.29) is 17.9 Å². The maximum atomic E-state index is 13.9. The van der Waals surface area contributed by atoms with Crippen LogP contribution >= 0.6 is 11.3 Å². The molecule has 1 unspecified atom stereocenters. The Morgan fingerprint density at radius 3 is 2.71 bits per heavy atom.